The molecule has 1 aliphatic rings. The minimum absolute atomic E-state index is 0.0888. The number of benzene rings is 1. The Morgan fingerprint density at radius 3 is 2.66 bits per heavy atom. The third-order valence-corrected chi connectivity index (χ3v) is 6.35. The van der Waals surface area contributed by atoms with Crippen LogP contribution in [0.5, 0.6) is 0 Å². The summed E-state index contributed by atoms with van der Waals surface area (Å²) in [6, 6.07) is 7.28. The van der Waals surface area contributed by atoms with Crippen molar-refractivity contribution >= 4 is 35.0 Å². The van der Waals surface area contributed by atoms with Crippen molar-refractivity contribution in [1.82, 2.24) is 24.3 Å². The maximum Gasteiger partial charge on any atom is 0.329 e. The van der Waals surface area contributed by atoms with Gasteiger partial charge in [-0.15, -0.1) is 10.2 Å². The molecule has 0 bridgehead atoms. The molecule has 0 atom stereocenters. The van der Waals surface area contributed by atoms with Gasteiger partial charge in [-0.1, -0.05) is 31.7 Å². The van der Waals surface area contributed by atoms with Crippen molar-refractivity contribution in [3.63, 3.8) is 0 Å². The molecule has 35 heavy (non-hydrogen) atoms. The predicted molar refractivity (Wildman–Crippen MR) is 133 cm³/mol. The van der Waals surface area contributed by atoms with Gasteiger partial charge >= 0.3 is 5.69 Å². The Balaban J connectivity index is 1.64. The summed E-state index contributed by atoms with van der Waals surface area (Å²) in [7, 11) is 0. The number of carbonyl (C=O) groups excluding carboxylic acids is 2. The molecule has 1 fully saturated rings. The number of nitrogen functional groups attached to an aromatic ring is 1. The van der Waals surface area contributed by atoms with Gasteiger partial charge < -0.3 is 11.1 Å². The van der Waals surface area contributed by atoms with Crippen LogP contribution in [0.3, 0.4) is 0 Å². The molecule has 4 rings (SSSR count). The second kappa shape index (κ2) is 9.90. The molecule has 0 saturated heterocycles. The predicted octanol–water partition coefficient (Wildman–Crippen LogP) is 2.17. The molecule has 1 saturated carbocycles. The normalized spacial score (nSPS) is 13.3. The standard InChI is InChI=1S/C23H27N7O4S/c1-12(2)10-29-19(24)18(21(33)26-22(29)34)17(32)11-35-23-28-27-20(14-7-8-14)30(23)16-6-4-5-15(9-16)25-13(3)31/h4-6,9,12,14H,7-8,10-11,24H2,1-3H3,(H,25,31)(H,26,33,34). The summed E-state index contributed by atoms with van der Waals surface area (Å²) in [5.41, 5.74) is 5.78. The average molecular weight is 498 g/mol. The number of rotatable bonds is 9. The first-order valence-electron chi connectivity index (χ1n) is 11.3. The zero-order valence-electron chi connectivity index (χ0n) is 19.7. The van der Waals surface area contributed by atoms with Crippen molar-refractivity contribution in [3.05, 3.63) is 56.5 Å². The quantitative estimate of drug-likeness (QED) is 0.300. The van der Waals surface area contributed by atoms with Crippen LogP contribution in [-0.2, 0) is 11.3 Å². The van der Waals surface area contributed by atoms with Crippen molar-refractivity contribution in [2.24, 2.45) is 5.92 Å². The zero-order valence-corrected chi connectivity index (χ0v) is 20.5. The number of H-pyrrole nitrogens is 1. The number of hydrogen-bond acceptors (Lipinski definition) is 8. The summed E-state index contributed by atoms with van der Waals surface area (Å²) in [4.78, 5) is 51.3. The third-order valence-electron chi connectivity index (χ3n) is 5.42. The molecule has 1 amide bonds. The number of ketones is 1. The summed E-state index contributed by atoms with van der Waals surface area (Å²) in [5, 5.41) is 11.9. The second-order valence-electron chi connectivity index (χ2n) is 8.92. The molecule has 12 heteroatoms. The highest BCUT2D eigenvalue weighted by atomic mass is 32.2. The zero-order chi connectivity index (χ0) is 25.3. The highest BCUT2D eigenvalue weighted by Crippen LogP contribution is 2.41. The minimum Gasteiger partial charge on any atom is -0.384 e. The first-order chi connectivity index (χ1) is 16.7. The van der Waals surface area contributed by atoms with Crippen molar-refractivity contribution in [1.29, 1.82) is 0 Å². The topological polar surface area (TPSA) is 158 Å². The molecule has 0 radical (unpaired) electrons. The van der Waals surface area contributed by atoms with E-state index in [1.165, 1.54) is 11.5 Å². The molecular weight excluding hydrogens is 470 g/mol. The van der Waals surface area contributed by atoms with Gasteiger partial charge in [0.15, 0.2) is 10.9 Å². The first-order valence-corrected chi connectivity index (χ1v) is 12.3. The molecule has 2 aromatic heterocycles. The number of nitrogens with zero attached hydrogens (tertiary/aromatic N) is 4. The molecule has 0 spiro atoms. The van der Waals surface area contributed by atoms with E-state index in [-0.39, 0.29) is 41.4 Å². The van der Waals surface area contributed by atoms with E-state index in [0.29, 0.717) is 10.8 Å². The summed E-state index contributed by atoms with van der Waals surface area (Å²) in [6.07, 6.45) is 1.99. The molecule has 4 N–H and O–H groups in total. The van der Waals surface area contributed by atoms with E-state index in [1.54, 1.807) is 6.07 Å². The SMILES string of the molecule is CC(=O)Nc1cccc(-n2c(SCC(=O)c3c(N)n(CC(C)C)c(=O)[nH]c3=O)nnc2C2CC2)c1. The molecule has 0 aliphatic heterocycles. The Bertz CT molecular complexity index is 1400. The van der Waals surface area contributed by atoms with Crippen LogP contribution in [0.4, 0.5) is 11.5 Å². The van der Waals surface area contributed by atoms with Gasteiger partial charge in [0.05, 0.1) is 11.4 Å². The number of nitrogens with one attached hydrogen (secondary N) is 2. The Morgan fingerprint density at radius 1 is 1.26 bits per heavy atom. The monoisotopic (exact) mass is 497 g/mol. The maximum atomic E-state index is 13.0. The summed E-state index contributed by atoms with van der Waals surface area (Å²) >= 11 is 1.13. The molecule has 1 aliphatic carbocycles. The van der Waals surface area contributed by atoms with Gasteiger partial charge in [-0.2, -0.15) is 0 Å². The van der Waals surface area contributed by atoms with Crippen molar-refractivity contribution in [2.45, 2.75) is 51.2 Å². The number of thioether (sulfide) groups is 1. The number of aromatic nitrogens is 5. The fourth-order valence-electron chi connectivity index (χ4n) is 3.76. The molecular formula is C23H27N7O4S. The van der Waals surface area contributed by atoms with E-state index in [1.807, 2.05) is 36.6 Å². The summed E-state index contributed by atoms with van der Waals surface area (Å²) in [6.45, 7) is 5.52. The van der Waals surface area contributed by atoms with Gasteiger partial charge in [0.25, 0.3) is 5.56 Å². The Kier molecular flexibility index (Phi) is 6.92. The molecule has 2 heterocycles. The van der Waals surface area contributed by atoms with Gasteiger partial charge in [-0.25, -0.2) is 4.79 Å². The van der Waals surface area contributed by atoms with Gasteiger partial charge in [-0.05, 0) is 37.0 Å². The van der Waals surface area contributed by atoms with E-state index in [4.69, 9.17) is 5.73 Å². The van der Waals surface area contributed by atoms with Crippen LogP contribution in [0.2, 0.25) is 0 Å². The van der Waals surface area contributed by atoms with Gasteiger partial charge in [0, 0.05) is 25.1 Å². The number of amides is 1. The van der Waals surface area contributed by atoms with E-state index in [2.05, 4.69) is 20.5 Å². The Labute approximate surface area is 205 Å². The van der Waals surface area contributed by atoms with Crippen LogP contribution in [0, 0.1) is 5.92 Å². The number of anilines is 2. The molecule has 11 nitrogen and oxygen atoms in total. The third kappa shape index (κ3) is 5.37. The molecule has 0 unspecified atom stereocenters. The Morgan fingerprint density at radius 2 is 2.00 bits per heavy atom. The first kappa shape index (κ1) is 24.5. The largest absolute Gasteiger partial charge is 0.384 e. The van der Waals surface area contributed by atoms with Gasteiger partial charge in [0.1, 0.15) is 17.2 Å². The van der Waals surface area contributed by atoms with E-state index in [0.717, 1.165) is 36.1 Å². The lowest BCUT2D eigenvalue weighted by Crippen LogP contribution is -2.37. The van der Waals surface area contributed by atoms with Crippen LogP contribution in [-0.4, -0.2) is 41.8 Å². The fraction of sp³-hybridized carbons (Fsp3) is 0.391. The number of Topliss-reactive ketones (excluding diaryl/α,β-unsaturated/α-hetero) is 1. The summed E-state index contributed by atoms with van der Waals surface area (Å²) < 4.78 is 3.08. The van der Waals surface area contributed by atoms with E-state index >= 15 is 0 Å². The lowest BCUT2D eigenvalue weighted by Gasteiger charge is -2.14. The average Bonchev–Trinajstić information content (AvgIpc) is 3.53. The van der Waals surface area contributed by atoms with Gasteiger partial charge in [-0.3, -0.25) is 28.5 Å². The van der Waals surface area contributed by atoms with Crippen LogP contribution in [0.1, 0.15) is 55.7 Å². The van der Waals surface area contributed by atoms with Crippen LogP contribution in [0.25, 0.3) is 5.69 Å². The molecule has 1 aromatic carbocycles. The minimum atomic E-state index is -0.804. The molecule has 3 aromatic rings. The maximum absolute atomic E-state index is 13.0. The molecule has 184 valence electrons. The van der Waals surface area contributed by atoms with Gasteiger partial charge in [0.2, 0.25) is 5.91 Å². The number of aromatic amines is 1. The lowest BCUT2D eigenvalue weighted by atomic mass is 10.2. The van der Waals surface area contributed by atoms with Crippen LogP contribution < -0.4 is 22.3 Å². The highest BCUT2D eigenvalue weighted by Gasteiger charge is 2.31. The summed E-state index contributed by atoms with van der Waals surface area (Å²) in [5.74, 6) is 0.183. The smallest absolute Gasteiger partial charge is 0.329 e. The van der Waals surface area contributed by atoms with Crippen molar-refractivity contribution in [2.75, 3.05) is 16.8 Å². The number of nitrogens with two attached hydrogens (primary N) is 1. The van der Waals surface area contributed by atoms with E-state index in [9.17, 15) is 19.2 Å². The van der Waals surface area contributed by atoms with Crippen molar-refractivity contribution in [3.8, 4) is 5.69 Å². The highest BCUT2D eigenvalue weighted by molar-refractivity contribution is 7.99. The van der Waals surface area contributed by atoms with Crippen LogP contribution >= 0.6 is 11.8 Å². The van der Waals surface area contributed by atoms with Crippen molar-refractivity contribution < 1.29 is 9.59 Å². The van der Waals surface area contributed by atoms with E-state index < -0.39 is 17.0 Å². The number of carbonyl (C=O) groups is 2. The Hall–Kier alpha value is -3.67. The lowest BCUT2D eigenvalue weighted by molar-refractivity contribution is -0.114. The van der Waals surface area contributed by atoms with Crippen LogP contribution in [0.15, 0.2) is 39.0 Å². The fourth-order valence-corrected chi connectivity index (χ4v) is 4.59. The number of hydrogen-bond donors (Lipinski definition) is 3. The second-order valence-corrected chi connectivity index (χ2v) is 9.86.